The van der Waals surface area contributed by atoms with Gasteiger partial charge in [0.2, 0.25) is 5.91 Å². The Bertz CT molecular complexity index is 1360. The first-order valence-corrected chi connectivity index (χ1v) is 13.3. The zero-order valence-electron chi connectivity index (χ0n) is 20.6. The summed E-state index contributed by atoms with van der Waals surface area (Å²) in [6, 6.07) is 16.7. The number of anilines is 1. The summed E-state index contributed by atoms with van der Waals surface area (Å²) < 4.78 is 20.7. The lowest BCUT2D eigenvalue weighted by atomic mass is 9.90. The molecule has 192 valence electrons. The maximum atomic E-state index is 14.7. The van der Waals surface area contributed by atoms with Crippen molar-refractivity contribution in [2.24, 2.45) is 0 Å². The molecule has 0 saturated heterocycles. The number of carbonyl (C=O) groups is 2. The summed E-state index contributed by atoms with van der Waals surface area (Å²) in [6.45, 7) is 0.357. The van der Waals surface area contributed by atoms with E-state index in [9.17, 15) is 14.0 Å². The summed E-state index contributed by atoms with van der Waals surface area (Å²) in [4.78, 5) is 26.3. The number of amides is 2. The van der Waals surface area contributed by atoms with Crippen molar-refractivity contribution in [1.29, 1.82) is 0 Å². The number of ether oxygens (including phenoxy) is 1. The van der Waals surface area contributed by atoms with Crippen LogP contribution in [0.2, 0.25) is 5.02 Å². The van der Waals surface area contributed by atoms with E-state index < -0.39 is 11.7 Å². The minimum absolute atomic E-state index is 0.00334. The van der Waals surface area contributed by atoms with Gasteiger partial charge in [-0.2, -0.15) is 0 Å². The Kier molecular flexibility index (Phi) is 7.75. The van der Waals surface area contributed by atoms with Crippen LogP contribution in [0.1, 0.15) is 56.9 Å². The largest absolute Gasteiger partial charge is 0.489 e. The van der Waals surface area contributed by atoms with Crippen LogP contribution in [0.25, 0.3) is 10.8 Å². The van der Waals surface area contributed by atoms with E-state index in [1.54, 1.807) is 0 Å². The average molecular weight is 521 g/mol. The van der Waals surface area contributed by atoms with Crippen molar-refractivity contribution in [1.82, 2.24) is 5.32 Å². The van der Waals surface area contributed by atoms with Crippen LogP contribution in [-0.4, -0.2) is 17.9 Å². The van der Waals surface area contributed by atoms with Crippen LogP contribution < -0.4 is 15.4 Å². The Balaban J connectivity index is 1.30. The average Bonchev–Trinajstić information content (AvgIpc) is 3.43. The molecule has 0 radical (unpaired) electrons. The minimum Gasteiger partial charge on any atom is -0.489 e. The third-order valence-electron chi connectivity index (χ3n) is 7.15. The highest BCUT2D eigenvalue weighted by atomic mass is 35.5. The van der Waals surface area contributed by atoms with Gasteiger partial charge in [0, 0.05) is 23.8 Å². The van der Waals surface area contributed by atoms with E-state index >= 15 is 0 Å². The Morgan fingerprint density at radius 1 is 0.892 bits per heavy atom. The van der Waals surface area contributed by atoms with Crippen LogP contribution in [-0.2, 0) is 16.1 Å². The highest BCUT2D eigenvalue weighted by Gasteiger charge is 2.25. The van der Waals surface area contributed by atoms with E-state index in [2.05, 4.69) is 10.6 Å². The van der Waals surface area contributed by atoms with Gasteiger partial charge in [-0.25, -0.2) is 4.39 Å². The molecule has 2 aliphatic carbocycles. The van der Waals surface area contributed by atoms with Crippen molar-refractivity contribution in [3.05, 3.63) is 82.1 Å². The van der Waals surface area contributed by atoms with Crippen LogP contribution in [0.5, 0.6) is 5.75 Å². The molecule has 37 heavy (non-hydrogen) atoms. The maximum absolute atomic E-state index is 14.7. The molecule has 0 heterocycles. The van der Waals surface area contributed by atoms with E-state index in [1.165, 1.54) is 6.07 Å². The fraction of sp³-hybridized carbons (Fsp3) is 0.333. The molecule has 2 N–H and O–H groups in total. The van der Waals surface area contributed by atoms with Gasteiger partial charge >= 0.3 is 0 Å². The maximum Gasteiger partial charge on any atom is 0.252 e. The lowest BCUT2D eigenvalue weighted by molar-refractivity contribution is -0.119. The Morgan fingerprint density at radius 2 is 1.59 bits per heavy atom. The first kappa shape index (κ1) is 25.3. The Labute approximate surface area is 221 Å². The van der Waals surface area contributed by atoms with Gasteiger partial charge in [0.1, 0.15) is 11.6 Å². The number of hydrogen-bond acceptors (Lipinski definition) is 3. The Hall–Kier alpha value is -3.38. The predicted octanol–water partition coefficient (Wildman–Crippen LogP) is 7.08. The molecule has 5 rings (SSSR count). The lowest BCUT2D eigenvalue weighted by Crippen LogP contribution is -2.29. The number of halogens is 2. The molecule has 0 spiro atoms. The molecular formula is C30H30ClFN2O3. The normalized spacial score (nSPS) is 16.2. The van der Waals surface area contributed by atoms with Crippen molar-refractivity contribution < 1.29 is 18.7 Å². The molecule has 3 aromatic carbocycles. The molecule has 1 fully saturated rings. The molecule has 0 aromatic heterocycles. The summed E-state index contributed by atoms with van der Waals surface area (Å²) >= 11 is 6.21. The molecule has 3 aromatic rings. The Morgan fingerprint density at radius 3 is 2.35 bits per heavy atom. The van der Waals surface area contributed by atoms with Crippen molar-refractivity contribution >= 4 is 39.9 Å². The summed E-state index contributed by atoms with van der Waals surface area (Å²) in [5, 5.41) is 8.04. The monoisotopic (exact) mass is 520 g/mol. The first-order valence-electron chi connectivity index (χ1n) is 12.9. The molecule has 0 bridgehead atoms. The van der Waals surface area contributed by atoms with Gasteiger partial charge in [0.05, 0.1) is 16.8 Å². The zero-order chi connectivity index (χ0) is 25.8. The zero-order valence-corrected chi connectivity index (χ0v) is 21.4. The fourth-order valence-electron chi connectivity index (χ4n) is 5.14. The van der Waals surface area contributed by atoms with E-state index in [-0.39, 0.29) is 22.7 Å². The van der Waals surface area contributed by atoms with Gasteiger partial charge < -0.3 is 15.4 Å². The predicted molar refractivity (Wildman–Crippen MR) is 144 cm³/mol. The quantitative estimate of drug-likeness (QED) is 0.350. The van der Waals surface area contributed by atoms with Crippen molar-refractivity contribution in [3.8, 4) is 5.75 Å². The third-order valence-corrected chi connectivity index (χ3v) is 7.44. The van der Waals surface area contributed by atoms with E-state index in [0.29, 0.717) is 36.3 Å². The molecule has 0 aliphatic heterocycles. The van der Waals surface area contributed by atoms with Crippen molar-refractivity contribution in [3.63, 3.8) is 0 Å². The smallest absolute Gasteiger partial charge is 0.252 e. The topological polar surface area (TPSA) is 67.4 Å². The van der Waals surface area contributed by atoms with Crippen LogP contribution in [0.3, 0.4) is 0 Å². The third kappa shape index (κ3) is 5.96. The lowest BCUT2D eigenvalue weighted by Gasteiger charge is -2.20. The molecule has 5 nitrogen and oxygen atoms in total. The summed E-state index contributed by atoms with van der Waals surface area (Å²) in [6.07, 6.45) is 6.68. The second-order valence-corrected chi connectivity index (χ2v) is 10.2. The number of rotatable bonds is 7. The SMILES string of the molecule is O=C(NCc1ccc2ccccc2c1)C1=C(C(=O)Nc2cc(OC3CCCC3)c(Cl)cc2F)CCCC1. The molecule has 0 unspecified atom stereocenters. The highest BCUT2D eigenvalue weighted by molar-refractivity contribution is 6.32. The summed E-state index contributed by atoms with van der Waals surface area (Å²) in [5.74, 6) is -1.02. The van der Waals surface area contributed by atoms with Crippen LogP contribution in [0.4, 0.5) is 10.1 Å². The fourth-order valence-corrected chi connectivity index (χ4v) is 5.34. The first-order chi connectivity index (χ1) is 18.0. The van der Waals surface area contributed by atoms with Gasteiger partial charge in [-0.1, -0.05) is 48.0 Å². The van der Waals surface area contributed by atoms with E-state index in [0.717, 1.165) is 60.9 Å². The van der Waals surface area contributed by atoms with E-state index in [1.807, 2.05) is 42.5 Å². The molecule has 2 amide bonds. The second kappa shape index (κ2) is 11.3. The highest BCUT2D eigenvalue weighted by Crippen LogP contribution is 2.34. The number of nitrogens with one attached hydrogen (secondary N) is 2. The molecule has 2 aliphatic rings. The molecule has 0 atom stereocenters. The number of benzene rings is 3. The van der Waals surface area contributed by atoms with E-state index in [4.69, 9.17) is 16.3 Å². The van der Waals surface area contributed by atoms with Crippen LogP contribution in [0, 0.1) is 5.82 Å². The van der Waals surface area contributed by atoms with Crippen molar-refractivity contribution in [2.75, 3.05) is 5.32 Å². The van der Waals surface area contributed by atoms with Crippen LogP contribution >= 0.6 is 11.6 Å². The van der Waals surface area contributed by atoms with Gasteiger partial charge in [-0.05, 0) is 79.8 Å². The number of fused-ring (bicyclic) bond motifs is 1. The second-order valence-electron chi connectivity index (χ2n) is 9.77. The molecule has 7 heteroatoms. The van der Waals surface area contributed by atoms with Crippen LogP contribution in [0.15, 0.2) is 65.7 Å². The molecular weight excluding hydrogens is 491 g/mol. The minimum atomic E-state index is -0.643. The standard InChI is InChI=1S/C30H30ClFN2O3/c31-25-16-26(32)27(17-28(25)37-22-9-3-4-10-22)34-30(36)24-12-6-5-11-23(24)29(35)33-18-19-13-14-20-7-1-2-8-21(20)15-19/h1-2,7-8,13-17,22H,3-6,9-12,18H2,(H,33,35)(H,34,36). The van der Waals surface area contributed by atoms with Gasteiger partial charge in [0.25, 0.3) is 5.91 Å². The molecule has 1 saturated carbocycles. The summed E-state index contributed by atoms with van der Waals surface area (Å²) in [7, 11) is 0. The number of carbonyl (C=O) groups excluding carboxylic acids is 2. The van der Waals surface area contributed by atoms with Crippen molar-refractivity contribution in [2.45, 2.75) is 64.0 Å². The van der Waals surface area contributed by atoms with Gasteiger partial charge in [0.15, 0.2) is 0 Å². The number of hydrogen-bond donors (Lipinski definition) is 2. The van der Waals surface area contributed by atoms with Gasteiger partial charge in [-0.3, -0.25) is 9.59 Å². The summed E-state index contributed by atoms with van der Waals surface area (Å²) in [5.41, 5.74) is 1.83. The van der Waals surface area contributed by atoms with Gasteiger partial charge in [-0.15, -0.1) is 0 Å².